The molecule has 0 spiro atoms. The van der Waals surface area contributed by atoms with Gasteiger partial charge in [0.15, 0.2) is 9.84 Å². The molecule has 10 heteroatoms. The first-order valence-corrected chi connectivity index (χ1v) is 12.9. The van der Waals surface area contributed by atoms with E-state index in [4.69, 9.17) is 4.98 Å². The van der Waals surface area contributed by atoms with E-state index in [0.717, 1.165) is 31.1 Å². The predicted molar refractivity (Wildman–Crippen MR) is 117 cm³/mol. The Balaban J connectivity index is 1.55. The Labute approximate surface area is 181 Å². The van der Waals surface area contributed by atoms with E-state index in [1.807, 2.05) is 22.4 Å². The van der Waals surface area contributed by atoms with Gasteiger partial charge in [0.2, 0.25) is 5.95 Å². The van der Waals surface area contributed by atoms with E-state index in [-0.39, 0.29) is 16.7 Å². The molecular weight excluding hydrogens is 422 g/mol. The summed E-state index contributed by atoms with van der Waals surface area (Å²) in [5, 5.41) is 1.90. The third-order valence-corrected chi connectivity index (χ3v) is 7.83. The minimum atomic E-state index is -3.44. The van der Waals surface area contributed by atoms with Gasteiger partial charge in [0, 0.05) is 51.4 Å². The number of sulfone groups is 1. The zero-order valence-electron chi connectivity index (χ0n) is 17.3. The molecule has 0 aliphatic carbocycles. The number of hydrogen-bond donors (Lipinski definition) is 0. The molecule has 2 aliphatic heterocycles. The molecule has 30 heavy (non-hydrogen) atoms. The largest absolute Gasteiger partial charge is 0.338 e. The van der Waals surface area contributed by atoms with Crippen molar-refractivity contribution in [1.82, 2.24) is 19.8 Å². The van der Waals surface area contributed by atoms with Crippen LogP contribution in [0, 0.1) is 0 Å². The van der Waals surface area contributed by atoms with Crippen molar-refractivity contribution < 1.29 is 13.2 Å². The number of piperidine rings is 1. The number of amides is 1. The van der Waals surface area contributed by atoms with Crippen LogP contribution >= 0.6 is 11.3 Å². The Hall–Kier alpha value is -2.04. The molecule has 2 aromatic heterocycles. The number of aromatic nitrogens is 2. The molecule has 0 radical (unpaired) electrons. The molecule has 0 unspecified atom stereocenters. The third kappa shape index (κ3) is 4.50. The van der Waals surface area contributed by atoms with Gasteiger partial charge in [-0.15, -0.1) is 11.3 Å². The number of carbonyl (C=O) groups is 1. The van der Waals surface area contributed by atoms with E-state index >= 15 is 0 Å². The van der Waals surface area contributed by atoms with Crippen LogP contribution in [0.4, 0.5) is 5.95 Å². The number of thiophene rings is 1. The van der Waals surface area contributed by atoms with Crippen LogP contribution in [0.1, 0.15) is 34.1 Å². The molecule has 2 aliphatic rings. The topological polar surface area (TPSA) is 86.7 Å². The first-order chi connectivity index (χ1) is 14.3. The molecule has 0 aromatic carbocycles. The van der Waals surface area contributed by atoms with Crippen LogP contribution in [-0.2, 0) is 9.84 Å². The predicted octanol–water partition coefficient (Wildman–Crippen LogP) is 1.71. The Kier molecular flexibility index (Phi) is 6.08. The number of likely N-dealkylation sites (N-methyl/N-ethyl adjacent to an activating group) is 1. The molecule has 0 bridgehead atoms. The third-order valence-electron chi connectivity index (χ3n) is 5.86. The highest BCUT2D eigenvalue weighted by atomic mass is 32.2. The van der Waals surface area contributed by atoms with Crippen molar-refractivity contribution in [1.29, 1.82) is 0 Å². The van der Waals surface area contributed by atoms with Crippen molar-refractivity contribution >= 4 is 33.0 Å². The van der Waals surface area contributed by atoms with Gasteiger partial charge in [-0.05, 0) is 31.3 Å². The second kappa shape index (κ2) is 8.60. The summed E-state index contributed by atoms with van der Waals surface area (Å²) in [5.74, 6) is 0.645. The number of rotatable bonds is 4. The Morgan fingerprint density at radius 2 is 1.83 bits per heavy atom. The van der Waals surface area contributed by atoms with Crippen molar-refractivity contribution in [2.75, 3.05) is 57.5 Å². The second-order valence-electron chi connectivity index (χ2n) is 8.03. The van der Waals surface area contributed by atoms with Gasteiger partial charge in [0.05, 0.1) is 16.8 Å². The van der Waals surface area contributed by atoms with Gasteiger partial charge >= 0.3 is 0 Å². The summed E-state index contributed by atoms with van der Waals surface area (Å²) in [5.41, 5.74) is 0.602. The summed E-state index contributed by atoms with van der Waals surface area (Å²) in [6, 6.07) is 3.72. The maximum atomic E-state index is 12.6. The number of likely N-dealkylation sites (tertiary alicyclic amines) is 1. The molecule has 2 saturated heterocycles. The fourth-order valence-electron chi connectivity index (χ4n) is 4.02. The van der Waals surface area contributed by atoms with Gasteiger partial charge in [-0.3, -0.25) is 4.79 Å². The number of carbonyl (C=O) groups excluding carboxylic acids is 1. The molecule has 2 fully saturated rings. The lowest BCUT2D eigenvalue weighted by Crippen LogP contribution is -2.45. The van der Waals surface area contributed by atoms with E-state index in [9.17, 15) is 13.2 Å². The summed E-state index contributed by atoms with van der Waals surface area (Å²) in [6.45, 7) is 4.69. The summed E-state index contributed by atoms with van der Waals surface area (Å²) in [4.78, 5) is 28.9. The van der Waals surface area contributed by atoms with Gasteiger partial charge in [-0.1, -0.05) is 6.07 Å². The number of nitrogens with zero attached hydrogens (tertiary/aromatic N) is 5. The summed E-state index contributed by atoms with van der Waals surface area (Å²) >= 11 is 1.45. The van der Waals surface area contributed by atoms with Crippen molar-refractivity contribution in [3.8, 4) is 0 Å². The average Bonchev–Trinajstić information content (AvgIpc) is 3.28. The average molecular weight is 450 g/mol. The first-order valence-electron chi connectivity index (χ1n) is 10.2. The quantitative estimate of drug-likeness (QED) is 0.702. The Bertz CT molecular complexity index is 993. The van der Waals surface area contributed by atoms with Crippen LogP contribution in [0.15, 0.2) is 28.6 Å². The van der Waals surface area contributed by atoms with Crippen LogP contribution < -0.4 is 4.90 Å². The van der Waals surface area contributed by atoms with Gasteiger partial charge in [-0.25, -0.2) is 18.4 Å². The molecule has 4 rings (SSSR count). The Morgan fingerprint density at radius 3 is 2.43 bits per heavy atom. The van der Waals surface area contributed by atoms with E-state index in [2.05, 4.69) is 21.8 Å². The molecule has 4 heterocycles. The van der Waals surface area contributed by atoms with E-state index in [0.29, 0.717) is 37.6 Å². The molecule has 0 N–H and O–H groups in total. The van der Waals surface area contributed by atoms with Crippen molar-refractivity contribution in [3.63, 3.8) is 0 Å². The molecule has 0 atom stereocenters. The highest BCUT2D eigenvalue weighted by molar-refractivity contribution is 7.90. The maximum Gasteiger partial charge on any atom is 0.263 e. The second-order valence-corrected chi connectivity index (χ2v) is 11.0. The molecule has 2 aromatic rings. The summed E-state index contributed by atoms with van der Waals surface area (Å²) in [6.07, 6.45) is 4.06. The van der Waals surface area contributed by atoms with Crippen molar-refractivity contribution in [3.05, 3.63) is 34.3 Å². The molecule has 0 saturated carbocycles. The zero-order valence-corrected chi connectivity index (χ0v) is 19.0. The van der Waals surface area contributed by atoms with Crippen molar-refractivity contribution in [2.45, 2.75) is 23.7 Å². The van der Waals surface area contributed by atoms with Crippen LogP contribution in [0.2, 0.25) is 0 Å². The van der Waals surface area contributed by atoms with Gasteiger partial charge in [0.25, 0.3) is 5.91 Å². The summed E-state index contributed by atoms with van der Waals surface area (Å²) < 4.78 is 24.8. The maximum absolute atomic E-state index is 12.6. The standard InChI is InChI=1S/C20H27N5O3S2/c1-23-9-11-25(12-10-23)20-21-14-17(30(2,27)28)18(22-20)15-5-7-24(8-6-15)19(26)16-4-3-13-29-16/h3-4,13-15H,5-12H2,1-2H3. The fraction of sp³-hybridized carbons (Fsp3) is 0.550. The SMILES string of the molecule is CN1CCN(c2ncc(S(C)(=O)=O)c(C3CCN(C(=O)c4cccs4)CC3)n2)CC1. The fourth-order valence-corrected chi connectivity index (χ4v) is 5.55. The highest BCUT2D eigenvalue weighted by Crippen LogP contribution is 2.32. The van der Waals surface area contributed by atoms with E-state index < -0.39 is 9.84 Å². The lowest BCUT2D eigenvalue weighted by atomic mass is 9.93. The lowest BCUT2D eigenvalue weighted by molar-refractivity contribution is 0.0716. The molecule has 162 valence electrons. The first kappa shape index (κ1) is 21.2. The lowest BCUT2D eigenvalue weighted by Gasteiger charge is -2.34. The van der Waals surface area contributed by atoms with Crippen molar-refractivity contribution in [2.24, 2.45) is 0 Å². The number of piperazine rings is 1. The Morgan fingerprint density at radius 1 is 1.13 bits per heavy atom. The van der Waals surface area contributed by atoms with Gasteiger partial charge in [0.1, 0.15) is 4.90 Å². The van der Waals surface area contributed by atoms with Crippen LogP contribution in [-0.4, -0.2) is 86.7 Å². The zero-order chi connectivity index (χ0) is 21.3. The van der Waals surface area contributed by atoms with Crippen LogP contribution in [0.25, 0.3) is 0 Å². The van der Waals surface area contributed by atoms with E-state index in [1.165, 1.54) is 23.8 Å². The van der Waals surface area contributed by atoms with E-state index in [1.54, 1.807) is 0 Å². The van der Waals surface area contributed by atoms with Gasteiger partial charge < -0.3 is 14.7 Å². The number of hydrogen-bond acceptors (Lipinski definition) is 8. The summed E-state index contributed by atoms with van der Waals surface area (Å²) in [7, 11) is -1.35. The minimum absolute atomic E-state index is 0.00340. The minimum Gasteiger partial charge on any atom is -0.338 e. The smallest absolute Gasteiger partial charge is 0.263 e. The monoisotopic (exact) mass is 449 g/mol. The molecular formula is C20H27N5O3S2. The molecule has 8 nitrogen and oxygen atoms in total. The van der Waals surface area contributed by atoms with Crippen LogP contribution in [0.3, 0.4) is 0 Å². The van der Waals surface area contributed by atoms with Crippen LogP contribution in [0.5, 0.6) is 0 Å². The number of anilines is 1. The normalized spacial score (nSPS) is 19.3. The van der Waals surface area contributed by atoms with Gasteiger partial charge in [-0.2, -0.15) is 0 Å². The molecule has 1 amide bonds. The highest BCUT2D eigenvalue weighted by Gasteiger charge is 2.30.